The highest BCUT2D eigenvalue weighted by Gasteiger charge is 2.23. The van der Waals surface area contributed by atoms with E-state index in [-0.39, 0.29) is 11.8 Å². The summed E-state index contributed by atoms with van der Waals surface area (Å²) >= 11 is 4.91. The number of hydrogen-bond donors (Lipinski definition) is 1. The summed E-state index contributed by atoms with van der Waals surface area (Å²) in [7, 11) is 0. The average molecular weight is 478 g/mol. The molecule has 1 aliphatic heterocycles. The number of carbonyl (C=O) groups is 2. The Hall–Kier alpha value is -1.70. The molecule has 1 N–H and O–H groups in total. The molecular formula is C22H28BrN3O2S. The molecule has 0 saturated carbocycles. The van der Waals surface area contributed by atoms with Crippen LogP contribution < -0.4 is 5.32 Å². The Kier molecular flexibility index (Phi) is 7.86. The summed E-state index contributed by atoms with van der Waals surface area (Å²) < 4.78 is 0.856. The smallest absolute Gasteiger partial charge is 0.265 e. The van der Waals surface area contributed by atoms with Gasteiger partial charge < -0.3 is 10.2 Å². The Morgan fingerprint density at radius 2 is 1.79 bits per heavy atom. The molecule has 29 heavy (non-hydrogen) atoms. The summed E-state index contributed by atoms with van der Waals surface area (Å²) in [4.78, 5) is 30.3. The molecule has 7 heteroatoms. The molecule has 1 saturated heterocycles. The normalized spacial score (nSPS) is 15.2. The zero-order valence-electron chi connectivity index (χ0n) is 17.0. The number of halogens is 1. The van der Waals surface area contributed by atoms with Crippen LogP contribution in [0.15, 0.2) is 34.1 Å². The van der Waals surface area contributed by atoms with E-state index in [4.69, 9.17) is 0 Å². The number of nitrogens with zero attached hydrogens (tertiary/aromatic N) is 2. The van der Waals surface area contributed by atoms with E-state index in [2.05, 4.69) is 58.2 Å². The molecule has 5 nitrogen and oxygen atoms in total. The van der Waals surface area contributed by atoms with Gasteiger partial charge in [-0.3, -0.25) is 14.5 Å². The Morgan fingerprint density at radius 1 is 1.07 bits per heavy atom. The fourth-order valence-electron chi connectivity index (χ4n) is 3.71. The van der Waals surface area contributed by atoms with E-state index in [0.717, 1.165) is 47.4 Å². The number of amides is 2. The van der Waals surface area contributed by atoms with Crippen molar-refractivity contribution < 1.29 is 9.59 Å². The number of thiophene rings is 1. The van der Waals surface area contributed by atoms with Gasteiger partial charge in [0.25, 0.3) is 5.91 Å². The predicted molar refractivity (Wildman–Crippen MR) is 123 cm³/mol. The summed E-state index contributed by atoms with van der Waals surface area (Å²) in [6.45, 7) is 7.46. The van der Waals surface area contributed by atoms with Crippen LogP contribution in [0.4, 0.5) is 5.69 Å². The highest BCUT2D eigenvalue weighted by molar-refractivity contribution is 9.10. The Balaban J connectivity index is 1.59. The maximum Gasteiger partial charge on any atom is 0.265 e. The van der Waals surface area contributed by atoms with Crippen LogP contribution >= 0.6 is 27.3 Å². The summed E-state index contributed by atoms with van der Waals surface area (Å²) in [6.07, 6.45) is 2.65. The second-order valence-corrected chi connectivity index (χ2v) is 9.00. The summed E-state index contributed by atoms with van der Waals surface area (Å²) in [5.41, 5.74) is 3.32. The molecule has 3 rings (SSSR count). The van der Waals surface area contributed by atoms with Gasteiger partial charge in [-0.2, -0.15) is 0 Å². The zero-order valence-corrected chi connectivity index (χ0v) is 19.4. The lowest BCUT2D eigenvalue weighted by Gasteiger charge is -2.22. The minimum Gasteiger partial charge on any atom is -0.337 e. The van der Waals surface area contributed by atoms with Crippen molar-refractivity contribution >= 4 is 44.8 Å². The molecule has 2 heterocycles. The minimum absolute atomic E-state index is 0.0152. The number of anilines is 1. The molecule has 0 unspecified atom stereocenters. The van der Waals surface area contributed by atoms with Crippen LogP contribution in [-0.4, -0.2) is 54.3 Å². The molecule has 1 aliphatic rings. The van der Waals surface area contributed by atoms with Crippen LogP contribution in [0.5, 0.6) is 0 Å². The van der Waals surface area contributed by atoms with Gasteiger partial charge in [-0.15, -0.1) is 11.3 Å². The number of benzene rings is 1. The highest BCUT2D eigenvalue weighted by Crippen LogP contribution is 2.25. The lowest BCUT2D eigenvalue weighted by atomic mass is 10.0. The van der Waals surface area contributed by atoms with Gasteiger partial charge in [-0.1, -0.05) is 32.0 Å². The Morgan fingerprint density at radius 3 is 2.41 bits per heavy atom. The maximum absolute atomic E-state index is 12.8. The quantitative estimate of drug-likeness (QED) is 0.669. The van der Waals surface area contributed by atoms with Crippen molar-refractivity contribution in [1.29, 1.82) is 0 Å². The monoisotopic (exact) mass is 477 g/mol. The van der Waals surface area contributed by atoms with Gasteiger partial charge >= 0.3 is 0 Å². The second-order valence-electron chi connectivity index (χ2n) is 7.23. The van der Waals surface area contributed by atoms with Crippen LogP contribution in [0.3, 0.4) is 0 Å². The Bertz CT molecular complexity index is 845. The first kappa shape index (κ1) is 22.0. The van der Waals surface area contributed by atoms with Gasteiger partial charge in [0, 0.05) is 36.3 Å². The summed E-state index contributed by atoms with van der Waals surface area (Å²) in [5.74, 6) is 0.0871. The van der Waals surface area contributed by atoms with Crippen LogP contribution in [-0.2, 0) is 17.6 Å². The lowest BCUT2D eigenvalue weighted by molar-refractivity contribution is -0.117. The number of nitrogens with one attached hydrogen (secondary N) is 1. The number of rotatable bonds is 6. The third-order valence-corrected chi connectivity index (χ3v) is 7.14. The van der Waals surface area contributed by atoms with Crippen molar-refractivity contribution in [3.63, 3.8) is 0 Å². The zero-order chi connectivity index (χ0) is 20.8. The van der Waals surface area contributed by atoms with Crippen molar-refractivity contribution in [2.75, 3.05) is 38.0 Å². The first-order valence-corrected chi connectivity index (χ1v) is 11.9. The molecule has 1 aromatic carbocycles. The lowest BCUT2D eigenvalue weighted by Crippen LogP contribution is -2.38. The average Bonchev–Trinajstić information content (AvgIpc) is 3.01. The fraction of sp³-hybridized carbons (Fsp3) is 0.455. The largest absolute Gasteiger partial charge is 0.337 e. The highest BCUT2D eigenvalue weighted by atomic mass is 79.9. The molecule has 0 aliphatic carbocycles. The van der Waals surface area contributed by atoms with E-state index in [1.807, 2.05) is 16.3 Å². The van der Waals surface area contributed by atoms with Gasteiger partial charge in [0.05, 0.1) is 6.54 Å². The Labute approximate surface area is 185 Å². The molecule has 1 fully saturated rings. The van der Waals surface area contributed by atoms with E-state index in [0.29, 0.717) is 19.6 Å². The third kappa shape index (κ3) is 5.47. The van der Waals surface area contributed by atoms with Crippen molar-refractivity contribution in [2.24, 2.45) is 0 Å². The van der Waals surface area contributed by atoms with Crippen molar-refractivity contribution in [1.82, 2.24) is 9.80 Å². The number of hydrogen-bond acceptors (Lipinski definition) is 4. The van der Waals surface area contributed by atoms with Crippen molar-refractivity contribution in [3.05, 3.63) is 50.1 Å². The van der Waals surface area contributed by atoms with Crippen LogP contribution in [0, 0.1) is 0 Å². The molecule has 2 amide bonds. The molecule has 2 aromatic rings. The van der Waals surface area contributed by atoms with E-state index >= 15 is 0 Å². The van der Waals surface area contributed by atoms with Crippen LogP contribution in [0.2, 0.25) is 0 Å². The SMILES string of the molecule is CCc1cccc(CC)c1NC(=O)CN1CCCN(C(=O)c2sccc2Br)CC1. The van der Waals surface area contributed by atoms with Gasteiger partial charge in [-0.25, -0.2) is 0 Å². The topological polar surface area (TPSA) is 52.7 Å². The molecule has 1 aromatic heterocycles. The van der Waals surface area contributed by atoms with Crippen molar-refractivity contribution in [2.45, 2.75) is 33.1 Å². The first-order chi connectivity index (χ1) is 14.0. The molecular weight excluding hydrogens is 450 g/mol. The second kappa shape index (κ2) is 10.4. The summed E-state index contributed by atoms with van der Waals surface area (Å²) in [6, 6.07) is 8.12. The van der Waals surface area contributed by atoms with Gasteiger partial charge in [-0.05, 0) is 57.8 Å². The molecule has 0 spiro atoms. The minimum atomic E-state index is 0.0152. The standard InChI is InChI=1S/C22H28BrN3O2S/c1-3-16-7-5-8-17(4-2)20(16)24-19(27)15-25-10-6-11-26(13-12-25)22(28)21-18(23)9-14-29-21/h5,7-9,14H,3-4,6,10-13,15H2,1-2H3,(H,24,27). The maximum atomic E-state index is 12.8. The van der Waals surface area contributed by atoms with E-state index in [1.165, 1.54) is 22.5 Å². The van der Waals surface area contributed by atoms with Gasteiger partial charge in [0.2, 0.25) is 5.91 Å². The molecule has 0 atom stereocenters. The van der Waals surface area contributed by atoms with Gasteiger partial charge in [0.15, 0.2) is 0 Å². The number of para-hydroxylation sites is 1. The molecule has 0 bridgehead atoms. The first-order valence-electron chi connectivity index (χ1n) is 10.2. The van der Waals surface area contributed by atoms with E-state index < -0.39 is 0 Å². The van der Waals surface area contributed by atoms with Gasteiger partial charge in [0.1, 0.15) is 4.88 Å². The van der Waals surface area contributed by atoms with E-state index in [9.17, 15) is 9.59 Å². The third-order valence-electron chi connectivity index (χ3n) is 5.32. The number of carbonyl (C=O) groups excluding carboxylic acids is 2. The fourth-order valence-corrected chi connectivity index (χ4v) is 5.22. The van der Waals surface area contributed by atoms with E-state index in [1.54, 1.807) is 0 Å². The molecule has 156 valence electrons. The predicted octanol–water partition coefficient (Wildman–Crippen LogP) is 4.42. The van der Waals surface area contributed by atoms with Crippen molar-refractivity contribution in [3.8, 4) is 0 Å². The number of aryl methyl sites for hydroxylation is 2. The summed E-state index contributed by atoms with van der Waals surface area (Å²) in [5, 5.41) is 5.07. The van der Waals surface area contributed by atoms with Crippen LogP contribution in [0.1, 0.15) is 41.1 Å². The van der Waals surface area contributed by atoms with Crippen LogP contribution in [0.25, 0.3) is 0 Å². The molecule has 0 radical (unpaired) electrons.